The molecule has 0 radical (unpaired) electrons. The van der Waals surface area contributed by atoms with Crippen LogP contribution in [0.2, 0.25) is 0 Å². The van der Waals surface area contributed by atoms with Crippen LogP contribution in [0.15, 0.2) is 23.1 Å². The number of nitrogens with one attached hydrogen (secondary N) is 1. The maximum atomic E-state index is 14.1. The van der Waals surface area contributed by atoms with Gasteiger partial charge in [0.2, 0.25) is 15.9 Å². The van der Waals surface area contributed by atoms with E-state index in [1.165, 1.54) is 0 Å². The van der Waals surface area contributed by atoms with Gasteiger partial charge < -0.3 is 15.8 Å². The van der Waals surface area contributed by atoms with Gasteiger partial charge in [-0.1, -0.05) is 0 Å². The third kappa shape index (κ3) is 3.83. The summed E-state index contributed by atoms with van der Waals surface area (Å²) in [6.07, 6.45) is 2.94. The van der Waals surface area contributed by atoms with Crippen LogP contribution >= 0.6 is 0 Å². The number of primary amides is 1. The van der Waals surface area contributed by atoms with Crippen LogP contribution in [0.5, 0.6) is 0 Å². The van der Waals surface area contributed by atoms with Gasteiger partial charge in [-0.2, -0.15) is 4.31 Å². The van der Waals surface area contributed by atoms with Crippen LogP contribution in [-0.4, -0.2) is 56.4 Å². The highest BCUT2D eigenvalue weighted by Gasteiger charge is 2.58. The highest BCUT2D eigenvalue weighted by molar-refractivity contribution is 7.89. The molecular formula is C22H27F2N3O5S. The lowest BCUT2D eigenvalue weighted by atomic mass is 9.47. The molecule has 4 aliphatic carbocycles. The molecule has 5 aliphatic rings. The highest BCUT2D eigenvalue weighted by atomic mass is 32.2. The molecular weight excluding hydrogens is 456 g/mol. The van der Waals surface area contributed by atoms with E-state index in [1.807, 2.05) is 0 Å². The minimum atomic E-state index is -4.34. The van der Waals surface area contributed by atoms with Crippen LogP contribution in [0.1, 0.15) is 32.1 Å². The smallest absolute Gasteiger partial charge is 0.250 e. The Morgan fingerprint density at radius 1 is 1.15 bits per heavy atom. The van der Waals surface area contributed by atoms with E-state index in [0.29, 0.717) is 24.8 Å². The fourth-order valence-corrected chi connectivity index (χ4v) is 8.14. The first kappa shape index (κ1) is 22.7. The van der Waals surface area contributed by atoms with Gasteiger partial charge in [0.05, 0.1) is 6.61 Å². The predicted molar refractivity (Wildman–Crippen MR) is 112 cm³/mol. The van der Waals surface area contributed by atoms with Crippen molar-refractivity contribution in [2.45, 2.75) is 49.1 Å². The van der Waals surface area contributed by atoms with E-state index >= 15 is 0 Å². The van der Waals surface area contributed by atoms with E-state index in [9.17, 15) is 26.8 Å². The van der Waals surface area contributed by atoms with Crippen molar-refractivity contribution in [2.24, 2.45) is 28.9 Å². The van der Waals surface area contributed by atoms with Gasteiger partial charge in [-0.05, 0) is 68.1 Å². The third-order valence-electron chi connectivity index (χ3n) is 7.94. The van der Waals surface area contributed by atoms with Crippen molar-refractivity contribution >= 4 is 21.8 Å². The molecule has 3 atom stereocenters. The van der Waals surface area contributed by atoms with Gasteiger partial charge in [0.1, 0.15) is 22.6 Å². The van der Waals surface area contributed by atoms with Crippen molar-refractivity contribution in [3.63, 3.8) is 0 Å². The van der Waals surface area contributed by atoms with E-state index in [2.05, 4.69) is 5.32 Å². The predicted octanol–water partition coefficient (Wildman–Crippen LogP) is 1.15. The van der Waals surface area contributed by atoms with Crippen LogP contribution in [0.3, 0.4) is 0 Å². The lowest BCUT2D eigenvalue weighted by molar-refractivity contribution is -0.150. The van der Waals surface area contributed by atoms with Crippen molar-refractivity contribution in [3.05, 3.63) is 29.8 Å². The highest BCUT2D eigenvalue weighted by Crippen LogP contribution is 2.59. The van der Waals surface area contributed by atoms with Gasteiger partial charge in [0.25, 0.3) is 5.91 Å². The molecule has 1 saturated heterocycles. The molecule has 11 heteroatoms. The Kier molecular flexibility index (Phi) is 5.49. The second-order valence-corrected chi connectivity index (χ2v) is 11.9. The number of nitrogens with zero attached hydrogens (tertiary/aromatic N) is 1. The van der Waals surface area contributed by atoms with Gasteiger partial charge in [-0.3, -0.25) is 9.59 Å². The number of benzene rings is 1. The molecule has 5 fully saturated rings. The number of hydrogen-bond acceptors (Lipinski definition) is 5. The maximum Gasteiger partial charge on any atom is 0.250 e. The largest absolute Gasteiger partial charge is 0.369 e. The summed E-state index contributed by atoms with van der Waals surface area (Å²) >= 11 is 0. The first-order valence-corrected chi connectivity index (χ1v) is 12.7. The Hall–Kier alpha value is -2.11. The Balaban J connectivity index is 1.29. The average molecular weight is 484 g/mol. The van der Waals surface area contributed by atoms with Crippen molar-refractivity contribution in [3.8, 4) is 0 Å². The summed E-state index contributed by atoms with van der Waals surface area (Å²) in [4.78, 5) is 24.4. The minimum absolute atomic E-state index is 0.0430. The first-order chi connectivity index (χ1) is 15.6. The standard InChI is InChI=1S/C22H27F2N3O5S/c23-15-1-2-16(24)18(7-15)33(30,31)27-3-4-32-17(11-27)20(28)26-19-13-5-12-6-14(19)10-22(8-12,9-13)21(25)29/h1-2,7,12-14,17,19H,3-6,8-11H2,(H2,25,29)(H,26,28). The average Bonchev–Trinajstić information content (AvgIpc) is 2.77. The van der Waals surface area contributed by atoms with Crippen LogP contribution in [0.25, 0.3) is 0 Å². The molecule has 1 heterocycles. The summed E-state index contributed by atoms with van der Waals surface area (Å²) in [5, 5.41) is 3.05. The quantitative estimate of drug-likeness (QED) is 0.651. The number of halogens is 2. The second-order valence-electron chi connectivity index (χ2n) is 9.95. The molecule has 4 bridgehead atoms. The summed E-state index contributed by atoms with van der Waals surface area (Å²) in [7, 11) is -4.34. The number of morpholine rings is 1. The van der Waals surface area contributed by atoms with E-state index in [1.54, 1.807) is 0 Å². The molecule has 1 aliphatic heterocycles. The van der Waals surface area contributed by atoms with Gasteiger partial charge >= 0.3 is 0 Å². The molecule has 1 aromatic rings. The molecule has 0 aromatic heterocycles. The van der Waals surface area contributed by atoms with Crippen LogP contribution in [-0.2, 0) is 24.3 Å². The molecule has 3 unspecified atom stereocenters. The normalized spacial score (nSPS) is 36.0. The molecule has 8 nitrogen and oxygen atoms in total. The molecule has 6 rings (SSSR count). The summed E-state index contributed by atoms with van der Waals surface area (Å²) in [6, 6.07) is 2.13. The van der Waals surface area contributed by atoms with Crippen molar-refractivity contribution in [2.75, 3.05) is 19.7 Å². The van der Waals surface area contributed by atoms with Crippen LogP contribution in [0.4, 0.5) is 8.78 Å². The fourth-order valence-electron chi connectivity index (χ4n) is 6.64. The number of sulfonamides is 1. The van der Waals surface area contributed by atoms with E-state index < -0.39 is 44.0 Å². The Labute approximate surface area is 190 Å². The zero-order chi connectivity index (χ0) is 23.5. The van der Waals surface area contributed by atoms with Crippen LogP contribution < -0.4 is 11.1 Å². The van der Waals surface area contributed by atoms with E-state index in [0.717, 1.165) is 35.7 Å². The SMILES string of the molecule is NC(=O)C12CC3CC(C1)C(NC(=O)C1CN(S(=O)(=O)c4cc(F)ccc4F)CCO1)C(C3)C2. The number of amides is 2. The van der Waals surface area contributed by atoms with E-state index in [4.69, 9.17) is 10.5 Å². The Bertz CT molecular complexity index is 1080. The van der Waals surface area contributed by atoms with E-state index in [-0.39, 0.29) is 43.5 Å². The summed E-state index contributed by atoms with van der Waals surface area (Å²) in [5.41, 5.74) is 5.25. The summed E-state index contributed by atoms with van der Waals surface area (Å²) < 4.78 is 60.0. The second kappa shape index (κ2) is 7.99. The Morgan fingerprint density at radius 3 is 2.52 bits per heavy atom. The van der Waals surface area contributed by atoms with Gasteiger partial charge in [0, 0.05) is 24.5 Å². The van der Waals surface area contributed by atoms with Crippen molar-refractivity contribution in [1.82, 2.24) is 9.62 Å². The molecule has 2 amide bonds. The zero-order valence-corrected chi connectivity index (χ0v) is 18.8. The number of carbonyl (C=O) groups excluding carboxylic acids is 2. The minimum Gasteiger partial charge on any atom is -0.369 e. The maximum absolute atomic E-state index is 14.1. The third-order valence-corrected chi connectivity index (χ3v) is 9.82. The topological polar surface area (TPSA) is 119 Å². The number of rotatable bonds is 5. The number of hydrogen-bond donors (Lipinski definition) is 2. The molecule has 1 aromatic carbocycles. The van der Waals surface area contributed by atoms with Crippen molar-refractivity contribution < 1.29 is 31.5 Å². The van der Waals surface area contributed by atoms with Crippen LogP contribution in [0, 0.1) is 34.8 Å². The summed E-state index contributed by atoms with van der Waals surface area (Å²) in [6.45, 7) is -0.405. The molecule has 3 N–H and O–H groups in total. The lowest BCUT2D eigenvalue weighted by Crippen LogP contribution is -2.63. The Morgan fingerprint density at radius 2 is 1.85 bits per heavy atom. The lowest BCUT2D eigenvalue weighted by Gasteiger charge is -2.59. The summed E-state index contributed by atoms with van der Waals surface area (Å²) in [5.74, 6) is -1.87. The monoisotopic (exact) mass is 483 g/mol. The molecule has 33 heavy (non-hydrogen) atoms. The molecule has 0 spiro atoms. The van der Waals surface area contributed by atoms with Gasteiger partial charge in [0.15, 0.2) is 0 Å². The number of ether oxygens (including phenoxy) is 1. The van der Waals surface area contributed by atoms with Gasteiger partial charge in [-0.25, -0.2) is 17.2 Å². The number of carbonyl (C=O) groups is 2. The zero-order valence-electron chi connectivity index (χ0n) is 18.0. The van der Waals surface area contributed by atoms with Crippen molar-refractivity contribution in [1.29, 1.82) is 0 Å². The fraction of sp³-hybridized carbons (Fsp3) is 0.636. The molecule has 180 valence electrons. The van der Waals surface area contributed by atoms with Gasteiger partial charge in [-0.15, -0.1) is 0 Å². The first-order valence-electron chi connectivity index (χ1n) is 11.3. The molecule has 4 saturated carbocycles. The number of nitrogens with two attached hydrogens (primary N) is 1.